The van der Waals surface area contributed by atoms with Gasteiger partial charge in [-0.15, -0.1) is 0 Å². The maximum Gasteiger partial charge on any atom is 0.183 e. The van der Waals surface area contributed by atoms with Gasteiger partial charge in [0.25, 0.3) is 0 Å². The molecule has 0 radical (unpaired) electrons. The fourth-order valence-corrected chi connectivity index (χ4v) is 2.11. The molecule has 5 nitrogen and oxygen atoms in total. The lowest BCUT2D eigenvalue weighted by atomic mass is 9.94. The summed E-state index contributed by atoms with van der Waals surface area (Å²) in [5.41, 5.74) is 0.0125. The van der Waals surface area contributed by atoms with Crippen molar-refractivity contribution in [2.24, 2.45) is 5.41 Å². The summed E-state index contributed by atoms with van der Waals surface area (Å²) in [4.78, 5) is 0. The van der Waals surface area contributed by atoms with Crippen molar-refractivity contribution in [3.63, 3.8) is 0 Å². The first-order chi connectivity index (χ1) is 8.23. The van der Waals surface area contributed by atoms with Crippen molar-refractivity contribution < 1.29 is 24.1 Å². The minimum atomic E-state index is -0.219. The zero-order chi connectivity index (χ0) is 12.1. The van der Waals surface area contributed by atoms with E-state index in [9.17, 15) is 0 Å². The highest BCUT2D eigenvalue weighted by Gasteiger charge is 2.41. The smallest absolute Gasteiger partial charge is 0.183 e. The van der Waals surface area contributed by atoms with Gasteiger partial charge in [-0.3, -0.25) is 0 Å². The summed E-state index contributed by atoms with van der Waals surface area (Å²) < 4.78 is 22.4. The Bertz CT molecular complexity index is 225. The van der Waals surface area contributed by atoms with Crippen LogP contribution >= 0.6 is 0 Å². The average Bonchev–Trinajstić information content (AvgIpc) is 2.58. The lowest BCUT2D eigenvalue weighted by molar-refractivity contribution is -0.226. The second-order valence-electron chi connectivity index (χ2n) is 5.13. The molecular formula is C12H22O5. The van der Waals surface area contributed by atoms with Gasteiger partial charge in [0.2, 0.25) is 0 Å². The number of fused-ring (bicyclic) bond motifs is 4. The van der Waals surface area contributed by atoms with E-state index in [2.05, 4.69) is 6.92 Å². The summed E-state index contributed by atoms with van der Waals surface area (Å²) in [5, 5.41) is 8.58. The fourth-order valence-electron chi connectivity index (χ4n) is 2.11. The van der Waals surface area contributed by atoms with Gasteiger partial charge >= 0.3 is 0 Å². The highest BCUT2D eigenvalue weighted by atomic mass is 16.7. The van der Waals surface area contributed by atoms with Crippen LogP contribution in [-0.4, -0.2) is 57.1 Å². The molecule has 0 aromatic carbocycles. The first-order valence-corrected chi connectivity index (χ1v) is 6.27. The molecule has 2 bridgehead atoms. The largest absolute Gasteiger partial charge is 0.394 e. The van der Waals surface area contributed by atoms with Crippen LogP contribution in [0, 0.1) is 5.41 Å². The Morgan fingerprint density at radius 1 is 1.18 bits per heavy atom. The summed E-state index contributed by atoms with van der Waals surface area (Å²) in [6.45, 7) is 5.38. The molecule has 0 saturated carbocycles. The van der Waals surface area contributed by atoms with Gasteiger partial charge in [0.05, 0.1) is 33.0 Å². The molecule has 5 heteroatoms. The van der Waals surface area contributed by atoms with Crippen LogP contribution in [0.3, 0.4) is 0 Å². The number of hydrogen-bond acceptors (Lipinski definition) is 5. The summed E-state index contributed by atoms with van der Waals surface area (Å²) in [5.74, 6) is 0. The first-order valence-electron chi connectivity index (χ1n) is 6.27. The topological polar surface area (TPSA) is 57.2 Å². The van der Waals surface area contributed by atoms with Crippen molar-refractivity contribution in [1.82, 2.24) is 0 Å². The molecule has 0 spiro atoms. The molecule has 3 heterocycles. The standard InChI is InChI=1S/C12H22O5/c1-12-7-15-10(3-2-5-14-6-4-13)11(16-8-12)17-9-12/h10-11,13H,2-9H2,1H3. The van der Waals surface area contributed by atoms with E-state index in [1.807, 2.05) is 0 Å². The minimum Gasteiger partial charge on any atom is -0.394 e. The molecule has 1 unspecified atom stereocenters. The van der Waals surface area contributed by atoms with Gasteiger partial charge in [-0.1, -0.05) is 6.92 Å². The van der Waals surface area contributed by atoms with E-state index in [1.54, 1.807) is 0 Å². The van der Waals surface area contributed by atoms with E-state index in [4.69, 9.17) is 24.1 Å². The molecule has 0 aromatic heterocycles. The van der Waals surface area contributed by atoms with Crippen LogP contribution in [0.4, 0.5) is 0 Å². The van der Waals surface area contributed by atoms with E-state index in [0.717, 1.165) is 26.1 Å². The molecular weight excluding hydrogens is 224 g/mol. The zero-order valence-electron chi connectivity index (χ0n) is 10.4. The minimum absolute atomic E-state index is 0.0112. The lowest BCUT2D eigenvalue weighted by Gasteiger charge is -2.32. The van der Waals surface area contributed by atoms with Crippen molar-refractivity contribution in [3.05, 3.63) is 0 Å². The van der Waals surface area contributed by atoms with E-state index < -0.39 is 0 Å². The molecule has 0 amide bonds. The zero-order valence-corrected chi connectivity index (χ0v) is 10.4. The van der Waals surface area contributed by atoms with E-state index in [-0.39, 0.29) is 24.4 Å². The molecule has 100 valence electrons. The van der Waals surface area contributed by atoms with Crippen molar-refractivity contribution >= 4 is 0 Å². The molecule has 1 atom stereocenters. The molecule has 3 rings (SSSR count). The van der Waals surface area contributed by atoms with Crippen LogP contribution in [0.5, 0.6) is 0 Å². The molecule has 1 N–H and O–H groups in total. The summed E-state index contributed by atoms with van der Waals surface area (Å²) >= 11 is 0. The molecule has 17 heavy (non-hydrogen) atoms. The first kappa shape index (κ1) is 13.2. The molecule has 3 saturated heterocycles. The van der Waals surface area contributed by atoms with Crippen molar-refractivity contribution in [2.45, 2.75) is 32.2 Å². The SMILES string of the molecule is CC12COC(CCCOCCO)C(OC1)OC2. The van der Waals surface area contributed by atoms with Gasteiger partial charge in [0.1, 0.15) is 6.10 Å². The van der Waals surface area contributed by atoms with Gasteiger partial charge < -0.3 is 24.1 Å². The monoisotopic (exact) mass is 246 g/mol. The van der Waals surface area contributed by atoms with Crippen LogP contribution in [0.2, 0.25) is 0 Å². The Hall–Kier alpha value is -0.200. The van der Waals surface area contributed by atoms with E-state index in [1.165, 1.54) is 0 Å². The number of hydrogen-bond donors (Lipinski definition) is 1. The van der Waals surface area contributed by atoms with Crippen LogP contribution in [-0.2, 0) is 18.9 Å². The van der Waals surface area contributed by atoms with Gasteiger partial charge in [-0.2, -0.15) is 0 Å². The quantitative estimate of drug-likeness (QED) is 0.694. The Kier molecular flexibility index (Phi) is 4.76. The third-order valence-corrected chi connectivity index (χ3v) is 3.15. The van der Waals surface area contributed by atoms with Crippen molar-refractivity contribution in [2.75, 3.05) is 39.6 Å². The van der Waals surface area contributed by atoms with Gasteiger partial charge in [0, 0.05) is 12.0 Å². The second kappa shape index (κ2) is 6.11. The Morgan fingerprint density at radius 3 is 2.59 bits per heavy atom. The highest BCUT2D eigenvalue weighted by Crippen LogP contribution is 2.32. The van der Waals surface area contributed by atoms with Gasteiger partial charge in [0.15, 0.2) is 6.29 Å². The third kappa shape index (κ3) is 3.63. The van der Waals surface area contributed by atoms with Crippen LogP contribution in [0.15, 0.2) is 0 Å². The summed E-state index contributed by atoms with van der Waals surface area (Å²) in [7, 11) is 0. The number of aliphatic hydroxyl groups excluding tert-OH is 1. The van der Waals surface area contributed by atoms with E-state index in [0.29, 0.717) is 19.8 Å². The van der Waals surface area contributed by atoms with Crippen LogP contribution < -0.4 is 0 Å². The third-order valence-electron chi connectivity index (χ3n) is 3.15. The summed E-state index contributed by atoms with van der Waals surface area (Å²) in [6.07, 6.45) is 1.55. The number of rotatable bonds is 6. The summed E-state index contributed by atoms with van der Waals surface area (Å²) in [6, 6.07) is 0. The maximum absolute atomic E-state index is 8.58. The van der Waals surface area contributed by atoms with Gasteiger partial charge in [-0.05, 0) is 12.8 Å². The second-order valence-corrected chi connectivity index (χ2v) is 5.13. The molecule has 3 aliphatic rings. The fraction of sp³-hybridized carbons (Fsp3) is 1.00. The lowest BCUT2D eigenvalue weighted by Crippen LogP contribution is -2.40. The van der Waals surface area contributed by atoms with Crippen molar-refractivity contribution in [1.29, 1.82) is 0 Å². The molecule has 0 aliphatic carbocycles. The Balaban J connectivity index is 1.70. The van der Waals surface area contributed by atoms with Crippen LogP contribution in [0.1, 0.15) is 19.8 Å². The molecule has 0 aromatic rings. The molecule has 3 aliphatic heterocycles. The van der Waals surface area contributed by atoms with Crippen LogP contribution in [0.25, 0.3) is 0 Å². The molecule has 3 fully saturated rings. The average molecular weight is 246 g/mol. The maximum atomic E-state index is 8.58. The van der Waals surface area contributed by atoms with Crippen molar-refractivity contribution in [3.8, 4) is 0 Å². The highest BCUT2D eigenvalue weighted by molar-refractivity contribution is 4.83. The normalized spacial score (nSPS) is 37.1. The Morgan fingerprint density at radius 2 is 1.88 bits per heavy atom. The van der Waals surface area contributed by atoms with E-state index >= 15 is 0 Å². The van der Waals surface area contributed by atoms with Gasteiger partial charge in [-0.25, -0.2) is 0 Å². The number of aliphatic hydroxyl groups is 1. The number of ether oxygens (including phenoxy) is 4. The Labute approximate surface area is 102 Å². The predicted molar refractivity (Wildman–Crippen MR) is 60.7 cm³/mol. The predicted octanol–water partition coefficient (Wildman–Crippen LogP) is 0.553.